The second kappa shape index (κ2) is 9.61. The minimum Gasteiger partial charge on any atom is -0.481 e. The van der Waals surface area contributed by atoms with E-state index in [9.17, 15) is 13.2 Å². The maximum absolute atomic E-state index is 12.6. The smallest absolute Gasteiger partial charge is 0.303 e. The van der Waals surface area contributed by atoms with Crippen LogP contribution >= 0.6 is 11.3 Å². The van der Waals surface area contributed by atoms with E-state index < -0.39 is 15.8 Å². The van der Waals surface area contributed by atoms with Gasteiger partial charge in [-0.05, 0) is 81.2 Å². The lowest BCUT2D eigenvalue weighted by molar-refractivity contribution is -0.137. The van der Waals surface area contributed by atoms with E-state index in [-0.39, 0.29) is 6.42 Å². The van der Waals surface area contributed by atoms with Gasteiger partial charge < -0.3 is 10.0 Å². The fourth-order valence-electron chi connectivity index (χ4n) is 5.00. The van der Waals surface area contributed by atoms with Crippen molar-refractivity contribution < 1.29 is 18.3 Å². The summed E-state index contributed by atoms with van der Waals surface area (Å²) < 4.78 is 25.3. The average Bonchev–Trinajstić information content (AvgIpc) is 3.17. The van der Waals surface area contributed by atoms with Gasteiger partial charge in [0.1, 0.15) is 0 Å². The highest BCUT2D eigenvalue weighted by atomic mass is 32.2. The summed E-state index contributed by atoms with van der Waals surface area (Å²) in [6, 6.07) is 3.94. The number of benzene rings is 1. The summed E-state index contributed by atoms with van der Waals surface area (Å²) in [5.74, 6) is 0.151. The molecule has 0 unspecified atom stereocenters. The van der Waals surface area contributed by atoms with Crippen LogP contribution in [0.4, 0.5) is 0 Å². The van der Waals surface area contributed by atoms with Crippen LogP contribution in [0.15, 0.2) is 22.4 Å². The highest BCUT2D eigenvalue weighted by Gasteiger charge is 2.26. The number of hydrogen-bond donors (Lipinski definition) is 1. The Kier molecular flexibility index (Phi) is 7.03. The molecule has 6 nitrogen and oxygen atoms in total. The number of carboxylic acid groups (broad SMARTS) is 1. The number of hydrogen-bond acceptors (Lipinski definition) is 6. The lowest BCUT2D eigenvalue weighted by Gasteiger charge is -2.26. The molecule has 1 aliphatic carbocycles. The molecule has 0 bridgehead atoms. The number of rotatable bonds is 6. The highest BCUT2D eigenvalue weighted by molar-refractivity contribution is 7.90. The van der Waals surface area contributed by atoms with Gasteiger partial charge in [-0.25, -0.2) is 13.4 Å². The summed E-state index contributed by atoms with van der Waals surface area (Å²) in [7, 11) is -1.27. The van der Waals surface area contributed by atoms with Gasteiger partial charge in [-0.2, -0.15) is 0 Å². The molecule has 1 aliphatic heterocycles. The van der Waals surface area contributed by atoms with Crippen LogP contribution in [0.2, 0.25) is 0 Å². The number of carbonyl (C=O) groups is 1. The third kappa shape index (κ3) is 5.41. The first-order valence-corrected chi connectivity index (χ1v) is 14.2. The normalized spacial score (nSPS) is 22.3. The predicted octanol–water partition coefficient (Wildman–Crippen LogP) is 4.38. The molecular weight excluding hydrogens is 444 g/mol. The van der Waals surface area contributed by atoms with Crippen molar-refractivity contribution in [3.8, 4) is 11.3 Å². The summed E-state index contributed by atoms with van der Waals surface area (Å²) >= 11 is 1.62. The van der Waals surface area contributed by atoms with Crippen LogP contribution in [-0.4, -0.2) is 55.8 Å². The van der Waals surface area contributed by atoms with Crippen LogP contribution in [0.3, 0.4) is 0 Å². The van der Waals surface area contributed by atoms with Crippen LogP contribution in [-0.2, 0) is 27.5 Å². The van der Waals surface area contributed by atoms with E-state index in [0.717, 1.165) is 79.9 Å². The molecule has 1 saturated carbocycles. The van der Waals surface area contributed by atoms with Crippen LogP contribution in [0.25, 0.3) is 11.3 Å². The van der Waals surface area contributed by atoms with Gasteiger partial charge in [0.2, 0.25) is 0 Å². The summed E-state index contributed by atoms with van der Waals surface area (Å²) in [6.07, 6.45) is 8.18. The monoisotopic (exact) mass is 476 g/mol. The molecule has 4 rings (SSSR count). The van der Waals surface area contributed by atoms with Crippen molar-refractivity contribution in [2.75, 3.05) is 26.4 Å². The van der Waals surface area contributed by atoms with Crippen molar-refractivity contribution in [3.63, 3.8) is 0 Å². The largest absolute Gasteiger partial charge is 0.481 e. The van der Waals surface area contributed by atoms with Crippen molar-refractivity contribution in [2.45, 2.75) is 62.2 Å². The quantitative estimate of drug-likeness (QED) is 0.666. The Balaban J connectivity index is 1.57. The first-order chi connectivity index (χ1) is 15.2. The zero-order valence-corrected chi connectivity index (χ0v) is 20.5. The van der Waals surface area contributed by atoms with Gasteiger partial charge >= 0.3 is 5.97 Å². The molecule has 1 N–H and O–H groups in total. The number of likely N-dealkylation sites (N-methyl/N-ethyl adjacent to an activating group) is 1. The number of nitrogens with zero attached hydrogens (tertiary/aromatic N) is 2. The topological polar surface area (TPSA) is 87.6 Å². The molecule has 2 aromatic rings. The van der Waals surface area contributed by atoms with E-state index in [1.165, 1.54) is 11.8 Å². The molecule has 0 radical (unpaired) electrons. The molecule has 1 aromatic heterocycles. The zero-order valence-electron chi connectivity index (χ0n) is 18.8. The lowest BCUT2D eigenvalue weighted by atomic mass is 9.80. The number of fused-ring (bicyclic) bond motifs is 1. The molecular formula is C24H32N2O4S2. The number of sulfone groups is 1. The fraction of sp³-hybridized carbons (Fsp3) is 0.583. The summed E-state index contributed by atoms with van der Waals surface area (Å²) in [6.45, 7) is 1.91. The van der Waals surface area contributed by atoms with Crippen molar-refractivity contribution in [1.29, 1.82) is 0 Å². The molecule has 1 fully saturated rings. The second-order valence-corrected chi connectivity index (χ2v) is 12.3. The van der Waals surface area contributed by atoms with E-state index >= 15 is 0 Å². The van der Waals surface area contributed by atoms with Crippen LogP contribution in [0.5, 0.6) is 0 Å². The minimum atomic E-state index is -3.37. The highest BCUT2D eigenvalue weighted by Crippen LogP contribution is 2.40. The lowest BCUT2D eigenvalue weighted by Crippen LogP contribution is -2.20. The van der Waals surface area contributed by atoms with Crippen molar-refractivity contribution in [3.05, 3.63) is 33.6 Å². The Bertz CT molecular complexity index is 1090. The Morgan fingerprint density at radius 1 is 1.16 bits per heavy atom. The molecule has 2 aliphatic rings. The molecule has 0 atom stereocenters. The minimum absolute atomic E-state index is 0.249. The van der Waals surface area contributed by atoms with Gasteiger partial charge in [-0.1, -0.05) is 0 Å². The van der Waals surface area contributed by atoms with Crippen molar-refractivity contribution in [1.82, 2.24) is 9.88 Å². The summed E-state index contributed by atoms with van der Waals surface area (Å²) in [5, 5.41) is 12.0. The Morgan fingerprint density at radius 3 is 2.44 bits per heavy atom. The van der Waals surface area contributed by atoms with Crippen LogP contribution in [0.1, 0.15) is 60.6 Å². The van der Waals surface area contributed by atoms with E-state index in [1.807, 2.05) is 11.4 Å². The van der Waals surface area contributed by atoms with E-state index in [0.29, 0.717) is 16.7 Å². The molecule has 0 saturated heterocycles. The fourth-order valence-corrected chi connectivity index (χ4v) is 6.91. The second-order valence-electron chi connectivity index (χ2n) is 9.41. The standard InChI is InChI=1S/C24H32N2O4S2/c1-26-11-9-18-13-20(22(32(2,29)30)14-19(18)10-12-26)21-15-31-24(25-21)17-6-3-16(4-7-17)5-8-23(27)28/h13-17H,3-12H2,1-2H3,(H,27,28). The molecule has 174 valence electrons. The van der Waals surface area contributed by atoms with Gasteiger partial charge in [0, 0.05) is 42.6 Å². The first kappa shape index (κ1) is 23.4. The number of carboxylic acids is 1. The molecule has 1 aromatic carbocycles. The first-order valence-electron chi connectivity index (χ1n) is 11.4. The Morgan fingerprint density at radius 2 is 1.81 bits per heavy atom. The van der Waals surface area contributed by atoms with Gasteiger partial charge in [-0.15, -0.1) is 11.3 Å². The molecule has 8 heteroatoms. The maximum Gasteiger partial charge on any atom is 0.303 e. The SMILES string of the molecule is CN1CCc2cc(-c3csc(C4CCC(CCC(=O)O)CC4)n3)c(S(C)(=O)=O)cc2CC1. The van der Waals surface area contributed by atoms with E-state index in [2.05, 4.69) is 18.0 Å². The Hall–Kier alpha value is -1.77. The summed E-state index contributed by atoms with van der Waals surface area (Å²) in [5.41, 5.74) is 3.85. The number of aromatic nitrogens is 1. The number of thiazole rings is 1. The van der Waals surface area contributed by atoms with E-state index in [4.69, 9.17) is 10.1 Å². The molecule has 2 heterocycles. The van der Waals surface area contributed by atoms with Gasteiger partial charge in [0.25, 0.3) is 0 Å². The molecule has 32 heavy (non-hydrogen) atoms. The van der Waals surface area contributed by atoms with Crippen LogP contribution < -0.4 is 0 Å². The summed E-state index contributed by atoms with van der Waals surface area (Å²) in [4.78, 5) is 18.4. The molecule has 0 spiro atoms. The maximum atomic E-state index is 12.6. The third-order valence-corrected chi connectivity index (χ3v) is 9.13. The number of aliphatic carboxylic acids is 1. The van der Waals surface area contributed by atoms with Gasteiger partial charge in [0.15, 0.2) is 9.84 Å². The van der Waals surface area contributed by atoms with Gasteiger partial charge in [-0.3, -0.25) is 4.79 Å². The van der Waals surface area contributed by atoms with Gasteiger partial charge in [0.05, 0.1) is 15.6 Å². The van der Waals surface area contributed by atoms with Crippen LogP contribution in [0, 0.1) is 5.92 Å². The third-order valence-electron chi connectivity index (χ3n) is 6.99. The predicted molar refractivity (Wildman–Crippen MR) is 127 cm³/mol. The van der Waals surface area contributed by atoms with Crippen molar-refractivity contribution in [2.24, 2.45) is 5.92 Å². The Labute approximate surface area is 194 Å². The zero-order chi connectivity index (χ0) is 22.9. The van der Waals surface area contributed by atoms with E-state index in [1.54, 1.807) is 11.3 Å². The van der Waals surface area contributed by atoms with Crippen molar-refractivity contribution >= 4 is 27.1 Å². The molecule has 0 amide bonds. The average molecular weight is 477 g/mol.